The van der Waals surface area contributed by atoms with E-state index in [2.05, 4.69) is 0 Å². The van der Waals surface area contributed by atoms with Gasteiger partial charge >= 0.3 is 6.03 Å². The first kappa shape index (κ1) is 18.4. The summed E-state index contributed by atoms with van der Waals surface area (Å²) in [6.07, 6.45) is 5.15. The van der Waals surface area contributed by atoms with E-state index in [1.165, 1.54) is 11.0 Å². The zero-order valence-electron chi connectivity index (χ0n) is 15.6. The first-order chi connectivity index (χ1) is 12.2. The van der Waals surface area contributed by atoms with Crippen LogP contribution in [0, 0.1) is 12.8 Å². The molecule has 3 amide bonds. The molecule has 1 aliphatic carbocycles. The predicted molar refractivity (Wildman–Crippen MR) is 97.0 cm³/mol. The maximum Gasteiger partial charge on any atom is 0.327 e. The first-order valence-corrected chi connectivity index (χ1v) is 9.18. The number of likely N-dealkylation sites (N-methyl/N-ethyl adjacent to an activating group) is 1. The summed E-state index contributed by atoms with van der Waals surface area (Å²) in [5.74, 6) is -0.522. The highest BCUT2D eigenvalue weighted by molar-refractivity contribution is 6.11. The Bertz CT molecular complexity index is 734. The van der Waals surface area contributed by atoms with Gasteiger partial charge < -0.3 is 10.0 Å². The summed E-state index contributed by atoms with van der Waals surface area (Å²) in [6.45, 7) is 3.30. The molecule has 2 aliphatic rings. The molecular formula is C20H26N2O4. The normalized spacial score (nSPS) is 24.4. The molecule has 6 nitrogen and oxygen atoms in total. The average Bonchev–Trinajstić information content (AvgIpc) is 2.78. The topological polar surface area (TPSA) is 77.9 Å². The number of phenolic OH excluding ortho intramolecular Hbond substituents is 1. The van der Waals surface area contributed by atoms with Gasteiger partial charge in [-0.15, -0.1) is 0 Å². The number of hydrogen-bond donors (Lipinski definition) is 1. The highest BCUT2D eigenvalue weighted by Gasteiger charge is 2.56. The molecular weight excluding hydrogens is 332 g/mol. The van der Waals surface area contributed by atoms with E-state index in [9.17, 15) is 19.5 Å². The molecule has 0 bridgehead atoms. The van der Waals surface area contributed by atoms with E-state index in [0.717, 1.165) is 42.6 Å². The fourth-order valence-corrected chi connectivity index (χ4v) is 4.29. The Morgan fingerprint density at radius 2 is 1.85 bits per heavy atom. The van der Waals surface area contributed by atoms with Gasteiger partial charge in [0.15, 0.2) is 5.78 Å². The lowest BCUT2D eigenvalue weighted by molar-refractivity contribution is -0.135. The van der Waals surface area contributed by atoms with Gasteiger partial charge in [-0.2, -0.15) is 0 Å². The fraction of sp³-hybridized carbons (Fsp3) is 0.550. The van der Waals surface area contributed by atoms with Crippen molar-refractivity contribution in [1.82, 2.24) is 9.80 Å². The number of imide groups is 1. The molecule has 1 N–H and O–H groups in total. The quantitative estimate of drug-likeness (QED) is 0.663. The second kappa shape index (κ2) is 6.74. The third-order valence-corrected chi connectivity index (χ3v) is 5.98. The summed E-state index contributed by atoms with van der Waals surface area (Å²) in [6, 6.07) is 4.14. The number of nitrogens with zero attached hydrogens (tertiary/aromatic N) is 2. The molecule has 0 aromatic heterocycles. The van der Waals surface area contributed by atoms with Crippen molar-refractivity contribution in [2.75, 3.05) is 13.6 Å². The van der Waals surface area contributed by atoms with Crippen LogP contribution in [0.4, 0.5) is 4.79 Å². The van der Waals surface area contributed by atoms with E-state index in [1.54, 1.807) is 26.1 Å². The SMILES string of the molecule is Cc1cc(O)cc(C(=O)CN2C(=O)N(C)C(C)(C3CCCCC3)C2=O)c1. The van der Waals surface area contributed by atoms with E-state index in [0.29, 0.717) is 5.56 Å². The maximum absolute atomic E-state index is 13.1. The Morgan fingerprint density at radius 1 is 1.19 bits per heavy atom. The molecule has 1 atom stereocenters. The molecule has 0 spiro atoms. The minimum Gasteiger partial charge on any atom is -0.508 e. The number of Topliss-reactive ketones (excluding diaryl/α,β-unsaturated/α-hetero) is 1. The number of benzene rings is 1. The highest BCUT2D eigenvalue weighted by Crippen LogP contribution is 2.41. The molecule has 1 aromatic rings. The Hall–Kier alpha value is -2.37. The van der Waals surface area contributed by atoms with Crippen molar-refractivity contribution in [3.05, 3.63) is 29.3 Å². The van der Waals surface area contributed by atoms with Crippen LogP contribution >= 0.6 is 0 Å². The zero-order chi connectivity index (χ0) is 19.1. The predicted octanol–water partition coefficient (Wildman–Crippen LogP) is 3.12. The maximum atomic E-state index is 13.1. The van der Waals surface area contributed by atoms with Crippen LogP contribution < -0.4 is 0 Å². The van der Waals surface area contributed by atoms with Gasteiger partial charge in [-0.05, 0) is 56.4 Å². The summed E-state index contributed by atoms with van der Waals surface area (Å²) in [4.78, 5) is 41.0. The number of carbonyl (C=O) groups is 3. The fourth-order valence-electron chi connectivity index (χ4n) is 4.29. The molecule has 26 heavy (non-hydrogen) atoms. The molecule has 0 radical (unpaired) electrons. The Labute approximate surface area is 153 Å². The summed E-state index contributed by atoms with van der Waals surface area (Å²) < 4.78 is 0. The lowest BCUT2D eigenvalue weighted by Crippen LogP contribution is -2.52. The summed E-state index contributed by atoms with van der Waals surface area (Å²) in [7, 11) is 1.65. The van der Waals surface area contributed by atoms with Crippen LogP contribution in [0.25, 0.3) is 0 Å². The van der Waals surface area contributed by atoms with Crippen LogP contribution in [0.3, 0.4) is 0 Å². The van der Waals surface area contributed by atoms with Gasteiger partial charge in [0.2, 0.25) is 0 Å². The number of carbonyl (C=O) groups excluding carboxylic acids is 3. The first-order valence-electron chi connectivity index (χ1n) is 9.18. The number of aromatic hydroxyl groups is 1. The van der Waals surface area contributed by atoms with Gasteiger partial charge in [0.25, 0.3) is 5.91 Å². The van der Waals surface area contributed by atoms with Crippen molar-refractivity contribution in [2.24, 2.45) is 5.92 Å². The number of phenols is 1. The number of urea groups is 1. The molecule has 2 fully saturated rings. The van der Waals surface area contributed by atoms with Gasteiger partial charge in [-0.25, -0.2) is 4.79 Å². The minimum absolute atomic E-state index is 0.00316. The zero-order valence-corrected chi connectivity index (χ0v) is 15.6. The molecule has 3 rings (SSSR count). The van der Waals surface area contributed by atoms with Crippen LogP contribution in [0.1, 0.15) is 54.9 Å². The second-order valence-corrected chi connectivity index (χ2v) is 7.70. The van der Waals surface area contributed by atoms with Crippen LogP contribution in [0.15, 0.2) is 18.2 Å². The second-order valence-electron chi connectivity index (χ2n) is 7.70. The molecule has 1 saturated heterocycles. The Morgan fingerprint density at radius 3 is 2.46 bits per heavy atom. The standard InChI is InChI=1S/C20H26N2O4/c1-13-9-14(11-16(23)10-13)17(24)12-22-18(25)20(2,21(3)19(22)26)15-7-5-4-6-8-15/h9-11,15,23H,4-8,12H2,1-3H3. The minimum atomic E-state index is -0.882. The van der Waals surface area contributed by atoms with Crippen LogP contribution in [0.5, 0.6) is 5.75 Å². The molecule has 1 aromatic carbocycles. The lowest BCUT2D eigenvalue weighted by atomic mass is 9.75. The summed E-state index contributed by atoms with van der Waals surface area (Å²) in [5.41, 5.74) is 0.167. The monoisotopic (exact) mass is 358 g/mol. The number of rotatable bonds is 4. The summed E-state index contributed by atoms with van der Waals surface area (Å²) in [5, 5.41) is 9.70. The van der Waals surface area contributed by atoms with E-state index < -0.39 is 11.6 Å². The van der Waals surface area contributed by atoms with E-state index in [-0.39, 0.29) is 29.9 Å². The third-order valence-electron chi connectivity index (χ3n) is 5.98. The van der Waals surface area contributed by atoms with Crippen LogP contribution in [0.2, 0.25) is 0 Å². The van der Waals surface area contributed by atoms with E-state index in [1.807, 2.05) is 6.92 Å². The van der Waals surface area contributed by atoms with Gasteiger partial charge in [0, 0.05) is 12.6 Å². The number of amides is 3. The lowest BCUT2D eigenvalue weighted by Gasteiger charge is -2.38. The van der Waals surface area contributed by atoms with Crippen LogP contribution in [-0.4, -0.2) is 51.8 Å². The highest BCUT2D eigenvalue weighted by atomic mass is 16.3. The van der Waals surface area contributed by atoms with Crippen molar-refractivity contribution in [3.8, 4) is 5.75 Å². The van der Waals surface area contributed by atoms with Gasteiger partial charge in [-0.1, -0.05) is 19.3 Å². The van der Waals surface area contributed by atoms with Gasteiger partial charge in [0.1, 0.15) is 11.3 Å². The van der Waals surface area contributed by atoms with Crippen molar-refractivity contribution < 1.29 is 19.5 Å². The van der Waals surface area contributed by atoms with Crippen molar-refractivity contribution in [3.63, 3.8) is 0 Å². The smallest absolute Gasteiger partial charge is 0.327 e. The van der Waals surface area contributed by atoms with Gasteiger partial charge in [-0.3, -0.25) is 14.5 Å². The van der Waals surface area contributed by atoms with E-state index >= 15 is 0 Å². The average molecular weight is 358 g/mol. The summed E-state index contributed by atoms with van der Waals surface area (Å²) >= 11 is 0. The molecule has 1 heterocycles. The molecule has 1 aliphatic heterocycles. The molecule has 6 heteroatoms. The van der Waals surface area contributed by atoms with Crippen molar-refractivity contribution >= 4 is 17.7 Å². The number of ketones is 1. The third kappa shape index (κ3) is 2.97. The molecule has 140 valence electrons. The van der Waals surface area contributed by atoms with Crippen LogP contribution in [-0.2, 0) is 4.79 Å². The van der Waals surface area contributed by atoms with Crippen molar-refractivity contribution in [1.29, 1.82) is 0 Å². The van der Waals surface area contributed by atoms with E-state index in [4.69, 9.17) is 0 Å². The Kier molecular flexibility index (Phi) is 4.78. The molecule has 1 saturated carbocycles. The molecule has 1 unspecified atom stereocenters. The Balaban J connectivity index is 1.83. The van der Waals surface area contributed by atoms with Gasteiger partial charge in [0.05, 0.1) is 6.54 Å². The number of hydrogen-bond acceptors (Lipinski definition) is 4. The largest absolute Gasteiger partial charge is 0.508 e. The van der Waals surface area contributed by atoms with Crippen molar-refractivity contribution in [2.45, 2.75) is 51.5 Å². The number of aryl methyl sites for hydroxylation is 1.